The van der Waals surface area contributed by atoms with Gasteiger partial charge in [-0.2, -0.15) is 0 Å². The van der Waals surface area contributed by atoms with E-state index in [4.69, 9.17) is 4.74 Å². The highest BCUT2D eigenvalue weighted by Crippen LogP contribution is 2.27. The Labute approximate surface area is 114 Å². The second-order valence-electron chi connectivity index (χ2n) is 5.30. The normalized spacial score (nSPS) is 25.3. The van der Waals surface area contributed by atoms with Crippen LogP contribution >= 0.6 is 0 Å². The number of likely N-dealkylation sites (tertiary alicyclic amines) is 1. The van der Waals surface area contributed by atoms with E-state index in [1.165, 1.54) is 11.3 Å². The summed E-state index contributed by atoms with van der Waals surface area (Å²) in [4.78, 5) is 25.8. The third-order valence-corrected chi connectivity index (χ3v) is 3.96. The molecule has 1 unspecified atom stereocenters. The van der Waals surface area contributed by atoms with Gasteiger partial charge in [0.25, 0.3) is 0 Å². The minimum atomic E-state index is -0.338. The average Bonchev–Trinajstić information content (AvgIpc) is 2.71. The van der Waals surface area contributed by atoms with Crippen LogP contribution in [-0.2, 0) is 14.3 Å². The molecule has 0 aromatic heterocycles. The molecule has 2 aliphatic rings. The first-order chi connectivity index (χ1) is 9.24. The summed E-state index contributed by atoms with van der Waals surface area (Å²) in [5.41, 5.74) is 0. The molecule has 5 nitrogen and oxygen atoms in total. The van der Waals surface area contributed by atoms with Gasteiger partial charge in [-0.05, 0) is 19.8 Å². The van der Waals surface area contributed by atoms with Crippen LogP contribution in [0.4, 0.5) is 0 Å². The predicted octanol–water partition coefficient (Wildman–Crippen LogP) is 1.07. The quantitative estimate of drug-likeness (QED) is 0.578. The van der Waals surface area contributed by atoms with E-state index in [1.807, 2.05) is 6.92 Å². The highest BCUT2D eigenvalue weighted by molar-refractivity contribution is 6.05. The molecule has 108 valence electrons. The minimum absolute atomic E-state index is 0.00851. The van der Waals surface area contributed by atoms with Crippen LogP contribution in [0, 0.1) is 0 Å². The van der Waals surface area contributed by atoms with Crippen molar-refractivity contribution >= 4 is 11.8 Å². The van der Waals surface area contributed by atoms with E-state index in [2.05, 4.69) is 5.32 Å². The molecule has 5 heteroatoms. The summed E-state index contributed by atoms with van der Waals surface area (Å²) < 4.78 is 5.23. The van der Waals surface area contributed by atoms with Gasteiger partial charge in [0.2, 0.25) is 11.8 Å². The summed E-state index contributed by atoms with van der Waals surface area (Å²) in [7, 11) is 0. The lowest BCUT2D eigenvalue weighted by Crippen LogP contribution is -2.45. The zero-order chi connectivity index (χ0) is 13.7. The van der Waals surface area contributed by atoms with Crippen molar-refractivity contribution in [2.45, 2.75) is 57.5 Å². The summed E-state index contributed by atoms with van der Waals surface area (Å²) in [5.74, 6) is -0.0424. The number of carbonyl (C=O) groups excluding carboxylic acids is 2. The minimum Gasteiger partial charge on any atom is -0.380 e. The van der Waals surface area contributed by atoms with Crippen molar-refractivity contribution in [3.8, 4) is 0 Å². The topological polar surface area (TPSA) is 58.6 Å². The Kier molecular flexibility index (Phi) is 5.34. The van der Waals surface area contributed by atoms with Gasteiger partial charge in [0.05, 0.1) is 19.1 Å². The molecule has 1 N–H and O–H groups in total. The van der Waals surface area contributed by atoms with Gasteiger partial charge in [-0.25, -0.2) is 0 Å². The maximum Gasteiger partial charge on any atom is 0.247 e. The molecule has 1 heterocycles. The van der Waals surface area contributed by atoms with Crippen LogP contribution in [0.3, 0.4) is 0 Å². The van der Waals surface area contributed by atoms with Gasteiger partial charge in [-0.1, -0.05) is 19.3 Å². The number of nitrogens with zero attached hydrogens (tertiary/aromatic N) is 1. The highest BCUT2D eigenvalue weighted by Gasteiger charge is 2.42. The zero-order valence-corrected chi connectivity index (χ0v) is 11.7. The fraction of sp³-hybridized carbons (Fsp3) is 0.857. The summed E-state index contributed by atoms with van der Waals surface area (Å²) >= 11 is 0. The number of carbonyl (C=O) groups is 2. The number of imide groups is 1. The standard InChI is InChI=1S/C14H24N2O3/c1-2-19-9-8-15-12-10-13(17)16(14(12)18)11-6-4-3-5-7-11/h11-12,15H,2-10H2,1H3. The van der Waals surface area contributed by atoms with E-state index >= 15 is 0 Å². The second-order valence-corrected chi connectivity index (χ2v) is 5.30. The lowest BCUT2D eigenvalue weighted by Gasteiger charge is -2.29. The maximum absolute atomic E-state index is 12.3. The Morgan fingerprint density at radius 1 is 1.26 bits per heavy atom. The number of rotatable bonds is 6. The monoisotopic (exact) mass is 268 g/mol. The number of nitrogens with one attached hydrogen (secondary N) is 1. The molecule has 1 aliphatic heterocycles. The van der Waals surface area contributed by atoms with Crippen molar-refractivity contribution in [3.05, 3.63) is 0 Å². The lowest BCUT2D eigenvalue weighted by atomic mass is 9.94. The molecule has 1 saturated carbocycles. The zero-order valence-electron chi connectivity index (χ0n) is 11.7. The first kappa shape index (κ1) is 14.5. The number of ether oxygens (including phenoxy) is 1. The SMILES string of the molecule is CCOCCNC1CC(=O)N(C2CCCCC2)C1=O. The van der Waals surface area contributed by atoms with Gasteiger partial charge in [0, 0.05) is 19.2 Å². The predicted molar refractivity (Wildman–Crippen MR) is 71.6 cm³/mol. The number of hydrogen-bond acceptors (Lipinski definition) is 4. The van der Waals surface area contributed by atoms with Crippen molar-refractivity contribution < 1.29 is 14.3 Å². The molecule has 2 fully saturated rings. The first-order valence-corrected chi connectivity index (χ1v) is 7.41. The van der Waals surface area contributed by atoms with E-state index < -0.39 is 0 Å². The Bertz CT molecular complexity index is 327. The molecule has 0 aromatic rings. The Morgan fingerprint density at radius 2 is 2.00 bits per heavy atom. The van der Waals surface area contributed by atoms with Crippen LogP contribution in [0.2, 0.25) is 0 Å². The van der Waals surface area contributed by atoms with Crippen molar-refractivity contribution in [3.63, 3.8) is 0 Å². The van der Waals surface area contributed by atoms with E-state index in [0.717, 1.165) is 25.7 Å². The van der Waals surface area contributed by atoms with Crippen molar-refractivity contribution in [2.75, 3.05) is 19.8 Å². The molecular formula is C14H24N2O3. The molecule has 19 heavy (non-hydrogen) atoms. The molecule has 0 aromatic carbocycles. The van der Waals surface area contributed by atoms with E-state index in [0.29, 0.717) is 26.2 Å². The molecule has 1 atom stereocenters. The molecule has 2 rings (SSSR count). The van der Waals surface area contributed by atoms with Crippen molar-refractivity contribution in [1.29, 1.82) is 0 Å². The second kappa shape index (κ2) is 7.01. The summed E-state index contributed by atoms with van der Waals surface area (Å²) in [6.07, 6.45) is 5.74. The van der Waals surface area contributed by atoms with Crippen LogP contribution < -0.4 is 5.32 Å². The van der Waals surface area contributed by atoms with E-state index in [9.17, 15) is 9.59 Å². The van der Waals surface area contributed by atoms with Gasteiger partial charge in [0.15, 0.2) is 0 Å². The van der Waals surface area contributed by atoms with Gasteiger partial charge < -0.3 is 10.1 Å². The van der Waals surface area contributed by atoms with Crippen LogP contribution in [0.25, 0.3) is 0 Å². The smallest absolute Gasteiger partial charge is 0.247 e. The largest absolute Gasteiger partial charge is 0.380 e. The van der Waals surface area contributed by atoms with Crippen molar-refractivity contribution in [1.82, 2.24) is 10.2 Å². The maximum atomic E-state index is 12.3. The molecule has 1 aliphatic carbocycles. The third-order valence-electron chi connectivity index (χ3n) is 3.96. The van der Waals surface area contributed by atoms with Gasteiger partial charge in [-0.3, -0.25) is 14.5 Å². The first-order valence-electron chi connectivity index (χ1n) is 7.41. The average molecular weight is 268 g/mol. The Hall–Kier alpha value is -0.940. The van der Waals surface area contributed by atoms with Crippen LogP contribution in [-0.4, -0.2) is 48.6 Å². The Balaban J connectivity index is 1.85. The van der Waals surface area contributed by atoms with Crippen molar-refractivity contribution in [2.24, 2.45) is 0 Å². The summed E-state index contributed by atoms with van der Waals surface area (Å²) in [6.45, 7) is 3.82. The molecule has 2 amide bonds. The third kappa shape index (κ3) is 3.54. The summed E-state index contributed by atoms with van der Waals surface area (Å²) in [6, 6.07) is -0.192. The lowest BCUT2D eigenvalue weighted by molar-refractivity contribution is -0.142. The summed E-state index contributed by atoms with van der Waals surface area (Å²) in [5, 5.41) is 3.13. The van der Waals surface area contributed by atoms with Gasteiger partial charge in [-0.15, -0.1) is 0 Å². The fourth-order valence-corrected chi connectivity index (χ4v) is 2.98. The number of hydrogen-bond donors (Lipinski definition) is 1. The fourth-order valence-electron chi connectivity index (χ4n) is 2.98. The van der Waals surface area contributed by atoms with Gasteiger partial charge >= 0.3 is 0 Å². The van der Waals surface area contributed by atoms with Crippen LogP contribution in [0.15, 0.2) is 0 Å². The van der Waals surface area contributed by atoms with Crippen LogP contribution in [0.5, 0.6) is 0 Å². The molecule has 0 bridgehead atoms. The van der Waals surface area contributed by atoms with Crippen LogP contribution in [0.1, 0.15) is 45.4 Å². The van der Waals surface area contributed by atoms with Gasteiger partial charge in [0.1, 0.15) is 0 Å². The van der Waals surface area contributed by atoms with E-state index in [-0.39, 0.29) is 23.9 Å². The number of amides is 2. The van der Waals surface area contributed by atoms with E-state index in [1.54, 1.807) is 0 Å². The Morgan fingerprint density at radius 3 is 2.68 bits per heavy atom. The molecular weight excluding hydrogens is 244 g/mol. The molecule has 0 spiro atoms. The molecule has 1 saturated heterocycles. The molecule has 0 radical (unpaired) electrons. The highest BCUT2D eigenvalue weighted by atomic mass is 16.5.